The fourth-order valence-electron chi connectivity index (χ4n) is 3.54. The van der Waals surface area contributed by atoms with Gasteiger partial charge in [0.05, 0.1) is 5.92 Å². The van der Waals surface area contributed by atoms with Crippen molar-refractivity contribution in [2.24, 2.45) is 5.92 Å². The van der Waals surface area contributed by atoms with Crippen LogP contribution in [0.5, 0.6) is 0 Å². The number of carboxylic acid groups (broad SMARTS) is 1. The van der Waals surface area contributed by atoms with Gasteiger partial charge < -0.3 is 10.4 Å². The van der Waals surface area contributed by atoms with Crippen LogP contribution >= 0.6 is 0 Å². The number of carbonyl (C=O) groups excluding carboxylic acids is 1. The molecular weight excluding hydrogens is 340 g/mol. The zero-order valence-corrected chi connectivity index (χ0v) is 15.9. The van der Waals surface area contributed by atoms with Crippen molar-refractivity contribution in [3.8, 4) is 0 Å². The number of amides is 1. The second kappa shape index (κ2) is 8.35. The molecule has 1 aliphatic rings. The highest BCUT2D eigenvalue weighted by molar-refractivity contribution is 6.05. The minimum Gasteiger partial charge on any atom is -0.481 e. The predicted octanol–water partition coefficient (Wildman–Crippen LogP) is 3.85. The van der Waals surface area contributed by atoms with Crippen LogP contribution in [-0.4, -0.2) is 35.0 Å². The summed E-state index contributed by atoms with van der Waals surface area (Å²) in [6.07, 6.45) is 1.39. The number of benzene rings is 2. The van der Waals surface area contributed by atoms with Crippen LogP contribution < -0.4 is 5.32 Å². The molecule has 0 atom stereocenters. The average molecular weight is 366 g/mol. The number of nitrogens with zero attached hydrogens (tertiary/aromatic N) is 1. The van der Waals surface area contributed by atoms with Crippen molar-refractivity contribution < 1.29 is 14.7 Å². The van der Waals surface area contributed by atoms with Gasteiger partial charge in [0, 0.05) is 17.8 Å². The van der Waals surface area contributed by atoms with Gasteiger partial charge in [0.15, 0.2) is 0 Å². The largest absolute Gasteiger partial charge is 0.481 e. The molecule has 2 aromatic rings. The van der Waals surface area contributed by atoms with Crippen LogP contribution in [0, 0.1) is 19.8 Å². The minimum absolute atomic E-state index is 0.101. The first-order valence-electron chi connectivity index (χ1n) is 9.35. The highest BCUT2D eigenvalue weighted by Gasteiger charge is 2.24. The number of anilines is 1. The Balaban J connectivity index is 1.63. The molecule has 2 N–H and O–H groups in total. The summed E-state index contributed by atoms with van der Waals surface area (Å²) in [5.41, 5.74) is 4.67. The highest BCUT2D eigenvalue weighted by atomic mass is 16.4. The zero-order chi connectivity index (χ0) is 19.4. The molecule has 0 bridgehead atoms. The summed E-state index contributed by atoms with van der Waals surface area (Å²) in [6, 6.07) is 13.6. The number of likely N-dealkylation sites (tertiary alicyclic amines) is 1. The number of aryl methyl sites for hydroxylation is 1. The number of nitrogens with one attached hydrogen (secondary N) is 1. The van der Waals surface area contributed by atoms with Gasteiger partial charge >= 0.3 is 5.97 Å². The maximum absolute atomic E-state index is 12.6. The molecule has 1 saturated heterocycles. The van der Waals surface area contributed by atoms with Crippen molar-refractivity contribution >= 4 is 17.6 Å². The Labute approximate surface area is 160 Å². The summed E-state index contributed by atoms with van der Waals surface area (Å²) in [4.78, 5) is 26.0. The van der Waals surface area contributed by atoms with Crippen LogP contribution in [-0.2, 0) is 11.3 Å². The van der Waals surface area contributed by atoms with Crippen molar-refractivity contribution in [2.45, 2.75) is 33.2 Å². The van der Waals surface area contributed by atoms with Gasteiger partial charge in [0.1, 0.15) is 0 Å². The van der Waals surface area contributed by atoms with Crippen molar-refractivity contribution in [3.05, 3.63) is 64.7 Å². The molecule has 1 fully saturated rings. The molecule has 0 unspecified atom stereocenters. The lowest BCUT2D eigenvalue weighted by molar-refractivity contribution is -0.143. The normalized spacial score (nSPS) is 15.5. The van der Waals surface area contributed by atoms with Gasteiger partial charge in [-0.2, -0.15) is 0 Å². The molecule has 0 spiro atoms. The lowest BCUT2D eigenvalue weighted by Crippen LogP contribution is -2.35. The third kappa shape index (κ3) is 4.74. The Kier molecular flexibility index (Phi) is 5.91. The minimum atomic E-state index is -0.689. The first-order chi connectivity index (χ1) is 12.9. The fraction of sp³-hybridized carbons (Fsp3) is 0.364. The van der Waals surface area contributed by atoms with Crippen LogP contribution in [0.25, 0.3) is 0 Å². The quantitative estimate of drug-likeness (QED) is 0.843. The van der Waals surface area contributed by atoms with Crippen molar-refractivity contribution in [1.82, 2.24) is 4.90 Å². The first kappa shape index (κ1) is 19.1. The standard InChI is InChI=1S/C22H26N2O3/c1-15-5-3-8-20(16(15)2)21(25)23-19-7-4-6-17(13-19)14-24-11-9-18(10-12-24)22(26)27/h3-8,13,18H,9-12,14H2,1-2H3,(H,23,25)(H,26,27). The summed E-state index contributed by atoms with van der Waals surface area (Å²) in [7, 11) is 0. The van der Waals surface area contributed by atoms with Crippen molar-refractivity contribution in [1.29, 1.82) is 0 Å². The molecule has 2 aromatic carbocycles. The number of piperidine rings is 1. The topological polar surface area (TPSA) is 69.6 Å². The smallest absolute Gasteiger partial charge is 0.306 e. The fourth-order valence-corrected chi connectivity index (χ4v) is 3.54. The maximum Gasteiger partial charge on any atom is 0.306 e. The van der Waals surface area contributed by atoms with Crippen molar-refractivity contribution in [2.75, 3.05) is 18.4 Å². The monoisotopic (exact) mass is 366 g/mol. The summed E-state index contributed by atoms with van der Waals surface area (Å²) < 4.78 is 0. The van der Waals surface area contributed by atoms with E-state index < -0.39 is 5.97 Å². The van der Waals surface area contributed by atoms with Gasteiger partial charge in [-0.3, -0.25) is 14.5 Å². The molecular formula is C22H26N2O3. The average Bonchev–Trinajstić information content (AvgIpc) is 2.64. The van der Waals surface area contributed by atoms with E-state index in [1.54, 1.807) is 0 Å². The second-order valence-electron chi connectivity index (χ2n) is 7.29. The number of carbonyl (C=O) groups is 2. The van der Waals surface area contributed by atoms with Gasteiger partial charge in [-0.15, -0.1) is 0 Å². The number of hydrogen-bond acceptors (Lipinski definition) is 3. The SMILES string of the molecule is Cc1cccc(C(=O)Nc2cccc(CN3CCC(C(=O)O)CC3)c2)c1C. The van der Waals surface area contributed by atoms with Gasteiger partial charge in [-0.1, -0.05) is 24.3 Å². The van der Waals surface area contributed by atoms with E-state index in [-0.39, 0.29) is 11.8 Å². The Morgan fingerprint density at radius 2 is 1.81 bits per heavy atom. The molecule has 0 aromatic heterocycles. The molecule has 1 amide bonds. The highest BCUT2D eigenvalue weighted by Crippen LogP contribution is 2.21. The summed E-state index contributed by atoms with van der Waals surface area (Å²) >= 11 is 0. The van der Waals surface area contributed by atoms with E-state index in [1.807, 2.05) is 56.3 Å². The Bertz CT molecular complexity index is 839. The Morgan fingerprint density at radius 3 is 2.52 bits per heavy atom. The van der Waals surface area contributed by atoms with Crippen LogP contribution in [0.15, 0.2) is 42.5 Å². The molecule has 3 rings (SSSR count). The third-order valence-electron chi connectivity index (χ3n) is 5.38. The van der Waals surface area contributed by atoms with E-state index in [4.69, 9.17) is 5.11 Å². The van der Waals surface area contributed by atoms with Gasteiger partial charge in [-0.05, 0) is 74.7 Å². The molecule has 5 heteroatoms. The number of hydrogen-bond donors (Lipinski definition) is 2. The first-order valence-corrected chi connectivity index (χ1v) is 9.35. The van der Waals surface area contributed by atoms with E-state index in [0.717, 1.165) is 42.0 Å². The summed E-state index contributed by atoms with van der Waals surface area (Å²) in [5.74, 6) is -1.01. The Morgan fingerprint density at radius 1 is 1.11 bits per heavy atom. The second-order valence-corrected chi connectivity index (χ2v) is 7.29. The number of rotatable bonds is 5. The molecule has 1 aliphatic heterocycles. The molecule has 142 valence electrons. The maximum atomic E-state index is 12.6. The van der Waals surface area contributed by atoms with Crippen LogP contribution in [0.4, 0.5) is 5.69 Å². The summed E-state index contributed by atoms with van der Waals surface area (Å²) in [6.45, 7) is 6.30. The van der Waals surface area contributed by atoms with E-state index in [9.17, 15) is 9.59 Å². The third-order valence-corrected chi connectivity index (χ3v) is 5.38. The van der Waals surface area contributed by atoms with Crippen molar-refractivity contribution in [3.63, 3.8) is 0 Å². The van der Waals surface area contributed by atoms with E-state index in [2.05, 4.69) is 10.2 Å². The Hall–Kier alpha value is -2.66. The van der Waals surface area contributed by atoms with Crippen LogP contribution in [0.2, 0.25) is 0 Å². The lowest BCUT2D eigenvalue weighted by Gasteiger charge is -2.30. The van der Waals surface area contributed by atoms with Gasteiger partial charge in [0.2, 0.25) is 0 Å². The molecule has 27 heavy (non-hydrogen) atoms. The van der Waals surface area contributed by atoms with E-state index in [0.29, 0.717) is 18.4 Å². The molecule has 0 saturated carbocycles. The predicted molar refractivity (Wildman–Crippen MR) is 106 cm³/mol. The molecule has 0 aliphatic carbocycles. The number of aliphatic carboxylic acids is 1. The van der Waals surface area contributed by atoms with E-state index in [1.165, 1.54) is 0 Å². The zero-order valence-electron chi connectivity index (χ0n) is 15.9. The lowest BCUT2D eigenvalue weighted by atomic mass is 9.97. The molecule has 1 heterocycles. The van der Waals surface area contributed by atoms with Crippen LogP contribution in [0.3, 0.4) is 0 Å². The van der Waals surface area contributed by atoms with Gasteiger partial charge in [0.25, 0.3) is 5.91 Å². The summed E-state index contributed by atoms with van der Waals surface area (Å²) in [5, 5.41) is 12.1. The molecule has 5 nitrogen and oxygen atoms in total. The van der Waals surface area contributed by atoms with Crippen LogP contribution in [0.1, 0.15) is 39.9 Å². The van der Waals surface area contributed by atoms with Gasteiger partial charge in [-0.25, -0.2) is 0 Å². The van der Waals surface area contributed by atoms with E-state index >= 15 is 0 Å². The number of carboxylic acids is 1. The molecule has 0 radical (unpaired) electrons.